The summed E-state index contributed by atoms with van der Waals surface area (Å²) in [7, 11) is 4.00. The van der Waals surface area contributed by atoms with Crippen LogP contribution in [0.2, 0.25) is 0 Å². The van der Waals surface area contributed by atoms with E-state index < -0.39 is 0 Å². The first-order valence-corrected chi connectivity index (χ1v) is 10.9. The summed E-state index contributed by atoms with van der Waals surface area (Å²) < 4.78 is 6.16. The largest absolute Gasteiger partial charge is 0.373 e. The van der Waals surface area contributed by atoms with Crippen LogP contribution in [0.4, 0.5) is 5.82 Å². The van der Waals surface area contributed by atoms with Gasteiger partial charge in [0.2, 0.25) is 0 Å². The molecule has 3 rings (SSSR count). The van der Waals surface area contributed by atoms with E-state index in [1.807, 2.05) is 37.2 Å². The van der Waals surface area contributed by atoms with Gasteiger partial charge < -0.3 is 20.3 Å². The molecule has 2 N–H and O–H groups in total. The van der Waals surface area contributed by atoms with Crippen LogP contribution in [0, 0.1) is 12.8 Å². The van der Waals surface area contributed by atoms with E-state index in [4.69, 9.17) is 9.73 Å². The van der Waals surface area contributed by atoms with E-state index in [9.17, 15) is 0 Å². The van der Waals surface area contributed by atoms with Crippen LogP contribution in [0.5, 0.6) is 0 Å². The molecule has 1 fully saturated rings. The number of aromatic nitrogens is 1. The van der Waals surface area contributed by atoms with E-state index in [-0.39, 0.29) is 30.1 Å². The van der Waals surface area contributed by atoms with E-state index in [1.54, 1.807) is 0 Å². The van der Waals surface area contributed by atoms with Crippen LogP contribution in [-0.2, 0) is 11.3 Å². The zero-order chi connectivity index (χ0) is 21.3. The third-order valence-electron chi connectivity index (χ3n) is 5.38. The number of halogens is 1. The van der Waals surface area contributed by atoms with Crippen LogP contribution >= 0.6 is 24.0 Å². The maximum Gasteiger partial charge on any atom is 0.191 e. The molecule has 1 aliphatic heterocycles. The first-order chi connectivity index (χ1) is 14.6. The average molecular weight is 537 g/mol. The highest BCUT2D eigenvalue weighted by molar-refractivity contribution is 14.0. The number of guanidine groups is 1. The Kier molecular flexibility index (Phi) is 10.5. The van der Waals surface area contributed by atoms with Gasteiger partial charge in [-0.05, 0) is 44.4 Å². The fraction of sp³-hybridized carbons (Fsp3) is 0.500. The van der Waals surface area contributed by atoms with Crippen molar-refractivity contribution in [2.24, 2.45) is 10.9 Å². The maximum atomic E-state index is 6.16. The van der Waals surface area contributed by atoms with Crippen LogP contribution < -0.4 is 15.5 Å². The Balaban J connectivity index is 0.00000341. The fourth-order valence-corrected chi connectivity index (χ4v) is 3.71. The third-order valence-corrected chi connectivity index (χ3v) is 5.38. The summed E-state index contributed by atoms with van der Waals surface area (Å²) in [5.41, 5.74) is 3.49. The molecule has 1 saturated heterocycles. The third kappa shape index (κ3) is 7.64. The van der Waals surface area contributed by atoms with Crippen molar-refractivity contribution < 1.29 is 4.74 Å². The van der Waals surface area contributed by atoms with Gasteiger partial charge in [0.1, 0.15) is 5.82 Å². The van der Waals surface area contributed by atoms with Crippen LogP contribution in [0.25, 0.3) is 0 Å². The quantitative estimate of drug-likeness (QED) is 0.314. The number of benzene rings is 1. The summed E-state index contributed by atoms with van der Waals surface area (Å²) in [6, 6.07) is 14.8. The predicted octanol–water partition coefficient (Wildman–Crippen LogP) is 4.30. The Hall–Kier alpha value is -1.87. The van der Waals surface area contributed by atoms with E-state index in [1.165, 1.54) is 11.1 Å². The molecule has 0 saturated carbocycles. The maximum absolute atomic E-state index is 6.16. The van der Waals surface area contributed by atoms with Crippen molar-refractivity contribution in [1.82, 2.24) is 15.6 Å². The van der Waals surface area contributed by atoms with Gasteiger partial charge in [-0.2, -0.15) is 0 Å². The molecular weight excluding hydrogens is 501 g/mol. The van der Waals surface area contributed by atoms with Crippen molar-refractivity contribution in [3.05, 3.63) is 59.3 Å². The zero-order valence-corrected chi connectivity index (χ0v) is 21.4. The van der Waals surface area contributed by atoms with Crippen molar-refractivity contribution >= 4 is 35.8 Å². The van der Waals surface area contributed by atoms with Gasteiger partial charge in [0.15, 0.2) is 5.96 Å². The lowest BCUT2D eigenvalue weighted by atomic mass is 9.89. The number of ether oxygens (including phenoxy) is 1. The molecule has 2 aromatic rings. The highest BCUT2D eigenvalue weighted by Crippen LogP contribution is 2.33. The number of hydrogen-bond acceptors (Lipinski definition) is 4. The van der Waals surface area contributed by atoms with Crippen molar-refractivity contribution in [1.29, 1.82) is 0 Å². The number of anilines is 1. The topological polar surface area (TPSA) is 61.8 Å². The van der Waals surface area contributed by atoms with Gasteiger partial charge in [-0.1, -0.05) is 35.9 Å². The summed E-state index contributed by atoms with van der Waals surface area (Å²) >= 11 is 0. The first-order valence-electron chi connectivity index (χ1n) is 10.9. The van der Waals surface area contributed by atoms with E-state index in [2.05, 4.69) is 53.7 Å². The van der Waals surface area contributed by atoms with Gasteiger partial charge in [0, 0.05) is 39.7 Å². The average Bonchev–Trinajstić information content (AvgIpc) is 2.76. The molecule has 0 amide bonds. The number of nitrogens with zero attached hydrogens (tertiary/aromatic N) is 3. The molecule has 31 heavy (non-hydrogen) atoms. The molecule has 170 valence electrons. The highest BCUT2D eigenvalue weighted by Gasteiger charge is 2.27. The standard InChI is InChI=1S/C24H35N5O.HI/c1-5-25-24(27-17-21-9-6-10-22(28-21)29(3)4)26-16-20-8-7-15-30-23(20)19-13-11-18(2)12-14-19;/h6,9-14,20,23H,5,7-8,15-17H2,1-4H3,(H2,25,26,27);1H. The van der Waals surface area contributed by atoms with Crippen molar-refractivity contribution in [3.63, 3.8) is 0 Å². The molecule has 6 nitrogen and oxygen atoms in total. The molecule has 1 aromatic heterocycles. The van der Waals surface area contributed by atoms with Crippen LogP contribution in [-0.4, -0.2) is 44.7 Å². The molecular formula is C24H36IN5O. The Morgan fingerprint density at radius 1 is 1.16 bits per heavy atom. The summed E-state index contributed by atoms with van der Waals surface area (Å²) in [6.45, 7) is 7.22. The van der Waals surface area contributed by atoms with Crippen molar-refractivity contribution in [2.75, 3.05) is 38.7 Å². The van der Waals surface area contributed by atoms with Crippen LogP contribution in [0.15, 0.2) is 47.5 Å². The van der Waals surface area contributed by atoms with Gasteiger partial charge in [-0.15, -0.1) is 24.0 Å². The number of nitrogens with one attached hydrogen (secondary N) is 2. The van der Waals surface area contributed by atoms with Gasteiger partial charge in [0.25, 0.3) is 0 Å². The number of aliphatic imine (C=N–C) groups is 1. The number of rotatable bonds is 7. The Bertz CT molecular complexity index is 825. The second-order valence-corrected chi connectivity index (χ2v) is 8.06. The van der Waals surface area contributed by atoms with Crippen LogP contribution in [0.3, 0.4) is 0 Å². The summed E-state index contributed by atoms with van der Waals surface area (Å²) in [4.78, 5) is 11.4. The molecule has 1 aliphatic rings. The molecule has 0 bridgehead atoms. The molecule has 0 spiro atoms. The van der Waals surface area contributed by atoms with Crippen molar-refractivity contribution in [3.8, 4) is 0 Å². The lowest BCUT2D eigenvalue weighted by Gasteiger charge is -2.32. The predicted molar refractivity (Wildman–Crippen MR) is 139 cm³/mol. The summed E-state index contributed by atoms with van der Waals surface area (Å²) in [5.74, 6) is 2.18. The number of aryl methyl sites for hydroxylation is 1. The Morgan fingerprint density at radius 2 is 1.94 bits per heavy atom. The lowest BCUT2D eigenvalue weighted by molar-refractivity contribution is -0.0265. The Morgan fingerprint density at radius 3 is 2.65 bits per heavy atom. The normalized spacial score (nSPS) is 18.8. The van der Waals surface area contributed by atoms with Gasteiger partial charge in [-0.3, -0.25) is 0 Å². The lowest BCUT2D eigenvalue weighted by Crippen LogP contribution is -2.42. The second kappa shape index (κ2) is 12.9. The van der Waals surface area contributed by atoms with E-state index >= 15 is 0 Å². The highest BCUT2D eigenvalue weighted by atomic mass is 127. The minimum absolute atomic E-state index is 0. The molecule has 1 aromatic carbocycles. The fourth-order valence-electron chi connectivity index (χ4n) is 3.71. The first kappa shape index (κ1) is 25.4. The summed E-state index contributed by atoms with van der Waals surface area (Å²) in [5, 5.41) is 6.88. The smallest absolute Gasteiger partial charge is 0.191 e. The van der Waals surface area contributed by atoms with Crippen LogP contribution in [0.1, 0.15) is 42.7 Å². The SMILES string of the molecule is CCNC(=NCc1cccc(N(C)C)n1)NCC1CCCOC1c1ccc(C)cc1.I. The van der Waals surface area contributed by atoms with Gasteiger partial charge >= 0.3 is 0 Å². The molecule has 2 atom stereocenters. The molecule has 0 aliphatic carbocycles. The van der Waals surface area contributed by atoms with Gasteiger partial charge in [-0.25, -0.2) is 9.98 Å². The number of hydrogen-bond donors (Lipinski definition) is 2. The molecule has 0 radical (unpaired) electrons. The Labute approximate surface area is 203 Å². The summed E-state index contributed by atoms with van der Waals surface area (Å²) in [6.07, 6.45) is 2.38. The van der Waals surface area contributed by atoms with E-state index in [0.29, 0.717) is 12.5 Å². The minimum atomic E-state index is 0. The molecule has 2 heterocycles. The van der Waals surface area contributed by atoms with Gasteiger partial charge in [0.05, 0.1) is 18.3 Å². The monoisotopic (exact) mass is 537 g/mol. The second-order valence-electron chi connectivity index (χ2n) is 8.06. The van der Waals surface area contributed by atoms with Crippen molar-refractivity contribution in [2.45, 2.75) is 39.3 Å². The molecule has 7 heteroatoms. The molecule has 2 unspecified atom stereocenters. The minimum Gasteiger partial charge on any atom is -0.373 e. The zero-order valence-electron chi connectivity index (χ0n) is 19.1. The number of pyridine rings is 1. The van der Waals surface area contributed by atoms with E-state index in [0.717, 1.165) is 50.0 Å².